The van der Waals surface area contributed by atoms with Gasteiger partial charge in [-0.2, -0.15) is 10.2 Å². The van der Waals surface area contributed by atoms with Crippen LogP contribution < -0.4 is 0 Å². The third-order valence-corrected chi connectivity index (χ3v) is 11.4. The van der Waals surface area contributed by atoms with E-state index in [0.717, 1.165) is 33.7 Å². The highest BCUT2D eigenvalue weighted by Crippen LogP contribution is 2.26. The Hall–Kier alpha value is -4.06. The number of aliphatic hydroxyl groups excluding tert-OH is 1. The summed E-state index contributed by atoms with van der Waals surface area (Å²) in [5.74, 6) is -0.756. The zero-order chi connectivity index (χ0) is 40.7. The van der Waals surface area contributed by atoms with Gasteiger partial charge in [-0.25, -0.2) is 26.4 Å². The van der Waals surface area contributed by atoms with Crippen molar-refractivity contribution in [2.45, 2.75) is 50.6 Å². The summed E-state index contributed by atoms with van der Waals surface area (Å²) in [6, 6.07) is 10.5. The number of rotatable bonds is 9. The largest absolute Gasteiger partial charge is 0.462 e. The Morgan fingerprint density at radius 2 is 1.25 bits per heavy atom. The van der Waals surface area contributed by atoms with Crippen molar-refractivity contribution in [1.82, 2.24) is 29.9 Å². The molecule has 0 aliphatic heterocycles. The number of nitrogens with zero attached hydrogens (tertiary/aromatic N) is 5. The van der Waals surface area contributed by atoms with Gasteiger partial charge in [-0.15, -0.1) is 0 Å². The van der Waals surface area contributed by atoms with Crippen molar-refractivity contribution < 1.29 is 41.0 Å². The van der Waals surface area contributed by atoms with Crippen LogP contribution in [0.1, 0.15) is 56.8 Å². The zero-order valence-corrected chi connectivity index (χ0v) is 36.6. The molecule has 0 saturated heterocycles. The van der Waals surface area contributed by atoms with E-state index in [0.29, 0.717) is 48.3 Å². The van der Waals surface area contributed by atoms with Gasteiger partial charge >= 0.3 is 11.9 Å². The predicted octanol–water partition coefficient (Wildman–Crippen LogP) is 5.60. The molecule has 2 N–H and O–H groups in total. The number of pyridine rings is 2. The second-order valence-corrected chi connectivity index (χ2v) is 18.2. The summed E-state index contributed by atoms with van der Waals surface area (Å²) in [5, 5.41) is 21.3. The van der Waals surface area contributed by atoms with Gasteiger partial charge in [-0.1, -0.05) is 0 Å². The summed E-state index contributed by atoms with van der Waals surface area (Å²) < 4.78 is 60.5. The monoisotopic (exact) mass is 1020 g/mol. The van der Waals surface area contributed by atoms with Gasteiger partial charge in [0.1, 0.15) is 18.5 Å². The molecule has 0 radical (unpaired) electrons. The van der Waals surface area contributed by atoms with Crippen LogP contribution in [0.3, 0.4) is 0 Å². The van der Waals surface area contributed by atoms with Gasteiger partial charge in [-0.3, -0.25) is 19.7 Å². The number of fused-ring (bicyclic) bond motifs is 2. The highest BCUT2D eigenvalue weighted by Gasteiger charge is 2.19. The topological polar surface area (TPSA) is 213 Å². The normalized spacial score (nSPS) is 11.4. The fourth-order valence-electron chi connectivity index (χ4n) is 5.15. The third-order valence-electron chi connectivity index (χ3n) is 7.52. The van der Waals surface area contributed by atoms with Crippen molar-refractivity contribution in [2.75, 3.05) is 25.7 Å². The molecule has 2 aromatic carbocycles. The van der Waals surface area contributed by atoms with Crippen molar-refractivity contribution in [2.24, 2.45) is 0 Å². The molecule has 4 aromatic heterocycles. The smallest absolute Gasteiger partial charge is 0.342 e. The number of nitrogens with one attached hydrogen (secondary N) is 1. The van der Waals surface area contributed by atoms with Crippen LogP contribution in [0.25, 0.3) is 21.8 Å². The minimum absolute atomic E-state index is 0.166. The number of aliphatic hydroxyl groups is 1. The van der Waals surface area contributed by atoms with E-state index in [2.05, 4.69) is 25.3 Å². The average molecular weight is 1020 g/mol. The van der Waals surface area contributed by atoms with Crippen LogP contribution in [0.4, 0.5) is 0 Å². The predicted molar refractivity (Wildman–Crippen MR) is 222 cm³/mol. The van der Waals surface area contributed by atoms with Gasteiger partial charge in [0.05, 0.1) is 53.4 Å². The molecule has 0 atom stereocenters. The first-order chi connectivity index (χ1) is 25.9. The number of aryl methyl sites for hydroxylation is 2. The maximum atomic E-state index is 12.2. The molecule has 6 aromatic rings. The number of carbonyl (C=O) groups excluding carboxylic acids is 2. The minimum Gasteiger partial charge on any atom is -0.462 e. The maximum Gasteiger partial charge on any atom is 0.342 e. The molecule has 0 aliphatic carbocycles. The summed E-state index contributed by atoms with van der Waals surface area (Å²) in [4.78, 5) is 31.8. The second-order valence-electron chi connectivity index (χ2n) is 12.1. The number of esters is 2. The van der Waals surface area contributed by atoms with E-state index < -0.39 is 25.6 Å². The number of H-pyrrole nitrogens is 1. The molecule has 0 aliphatic rings. The van der Waals surface area contributed by atoms with Crippen LogP contribution in [0.2, 0.25) is 0 Å². The first kappa shape index (κ1) is 43.7. The lowest BCUT2D eigenvalue weighted by Crippen LogP contribution is -2.06. The molecular formula is C36H38I2N6O9S2. The first-order valence-electron chi connectivity index (χ1n) is 16.4. The molecule has 0 spiro atoms. The van der Waals surface area contributed by atoms with Crippen LogP contribution >= 0.6 is 45.2 Å². The fraction of sp³-hybridized carbons (Fsp3) is 0.278. The van der Waals surface area contributed by atoms with Crippen molar-refractivity contribution >= 4 is 98.6 Å². The number of carbonyl (C=O) groups is 2. The first-order valence-corrected chi connectivity index (χ1v) is 22.4. The SMILES string of the molecule is CCOC(=O)c1cn(Cc2cc(S(C)(=O)=O)c3ncc(C)cc3c2)nc1I.CCOC(=O)c1cn[nH]c1I.Cc1cnc2c(S(C)(=O)=O)cc(CO)cc2c1. The molecule has 6 rings (SSSR count). The summed E-state index contributed by atoms with van der Waals surface area (Å²) in [6.45, 7) is 8.11. The molecule has 19 heteroatoms. The van der Waals surface area contributed by atoms with E-state index in [1.165, 1.54) is 18.5 Å². The van der Waals surface area contributed by atoms with E-state index in [1.54, 1.807) is 49.3 Å². The highest BCUT2D eigenvalue weighted by atomic mass is 127. The molecule has 292 valence electrons. The Bertz CT molecular complexity index is 2590. The number of hydrogen-bond donors (Lipinski definition) is 2. The zero-order valence-electron chi connectivity index (χ0n) is 30.6. The van der Waals surface area contributed by atoms with Gasteiger partial charge in [0.25, 0.3) is 0 Å². The maximum absolute atomic E-state index is 12.2. The Balaban J connectivity index is 0.000000204. The van der Waals surface area contributed by atoms with Crippen molar-refractivity contribution in [3.8, 4) is 0 Å². The van der Waals surface area contributed by atoms with Crippen LogP contribution in [-0.4, -0.2) is 89.6 Å². The summed E-state index contributed by atoms with van der Waals surface area (Å²) >= 11 is 3.97. The van der Waals surface area contributed by atoms with Crippen LogP contribution in [0.5, 0.6) is 0 Å². The van der Waals surface area contributed by atoms with Crippen LogP contribution in [0, 0.1) is 21.2 Å². The Morgan fingerprint density at radius 1 is 0.764 bits per heavy atom. The Kier molecular flexibility index (Phi) is 14.9. The van der Waals surface area contributed by atoms with E-state index >= 15 is 0 Å². The lowest BCUT2D eigenvalue weighted by molar-refractivity contribution is 0.0515. The molecule has 0 bridgehead atoms. The molecule has 0 amide bonds. The minimum atomic E-state index is -3.45. The van der Waals surface area contributed by atoms with Crippen molar-refractivity contribution in [3.05, 3.63) is 102 Å². The van der Waals surface area contributed by atoms with Crippen LogP contribution in [0.15, 0.2) is 71.0 Å². The van der Waals surface area contributed by atoms with Gasteiger partial charge < -0.3 is 14.6 Å². The number of benzene rings is 2. The van der Waals surface area contributed by atoms with Gasteiger partial charge in [0, 0.05) is 41.9 Å². The Labute approximate surface area is 345 Å². The van der Waals surface area contributed by atoms with E-state index in [-0.39, 0.29) is 29.0 Å². The van der Waals surface area contributed by atoms with E-state index in [9.17, 15) is 26.4 Å². The number of hydrogen-bond acceptors (Lipinski definition) is 13. The molecule has 55 heavy (non-hydrogen) atoms. The van der Waals surface area contributed by atoms with Crippen molar-refractivity contribution in [1.29, 1.82) is 0 Å². The lowest BCUT2D eigenvalue weighted by Gasteiger charge is -2.09. The van der Waals surface area contributed by atoms with Gasteiger partial charge in [0.2, 0.25) is 0 Å². The van der Waals surface area contributed by atoms with Gasteiger partial charge in [-0.05, 0) is 132 Å². The Morgan fingerprint density at radius 3 is 1.71 bits per heavy atom. The number of aromatic amines is 1. The summed E-state index contributed by atoms with van der Waals surface area (Å²) in [6.07, 6.45) is 8.67. The number of halogens is 2. The van der Waals surface area contributed by atoms with Crippen LogP contribution in [-0.2, 0) is 42.3 Å². The molecule has 0 fully saturated rings. The van der Waals surface area contributed by atoms with E-state index in [4.69, 9.17) is 14.6 Å². The second kappa shape index (κ2) is 18.7. The van der Waals surface area contributed by atoms with E-state index in [1.807, 2.05) is 77.2 Å². The molecule has 4 heterocycles. The third kappa shape index (κ3) is 11.5. The number of sulfone groups is 2. The molecule has 0 unspecified atom stereocenters. The summed E-state index contributed by atoms with van der Waals surface area (Å²) in [5.41, 5.74) is 5.01. The average Bonchev–Trinajstić information content (AvgIpc) is 3.71. The molecule has 0 saturated carbocycles. The summed E-state index contributed by atoms with van der Waals surface area (Å²) in [7, 11) is -6.80. The quantitative estimate of drug-likeness (QED) is 0.134. The fourth-order valence-corrected chi connectivity index (χ4v) is 8.06. The number of aromatic nitrogens is 6. The lowest BCUT2D eigenvalue weighted by atomic mass is 10.1. The highest BCUT2D eigenvalue weighted by molar-refractivity contribution is 14.1. The number of ether oxygens (including phenoxy) is 2. The molecule has 15 nitrogen and oxygen atoms in total. The van der Waals surface area contributed by atoms with Gasteiger partial charge in [0.15, 0.2) is 19.7 Å². The van der Waals surface area contributed by atoms with Crippen molar-refractivity contribution in [3.63, 3.8) is 0 Å². The molecular weight excluding hydrogens is 978 g/mol. The standard InChI is InChI=1S/C18H18IN3O4S.C12H13NO3S.C6H7IN2O2/c1-4-26-18(23)14-10-22(21-17(14)19)9-12-6-13-5-11(2)8-20-16(13)15(7-12)27(3,24)25;1-8-3-10-4-9(7-14)5-11(17(2,15)16)12(10)13-6-8;1-2-11-6(10)4-3-8-9-5(4)7/h5-8,10H,4,9H2,1-3H3;3-6,14H,7H2,1-2H3;3H,2H2,1H3,(H,8,9).